The van der Waals surface area contributed by atoms with Crippen molar-refractivity contribution in [2.45, 2.75) is 6.42 Å². The van der Waals surface area contributed by atoms with Gasteiger partial charge in [-0.25, -0.2) is 19.2 Å². The van der Waals surface area contributed by atoms with E-state index in [2.05, 4.69) is 16.5 Å². The molecule has 0 bridgehead atoms. The predicted molar refractivity (Wildman–Crippen MR) is 84.3 cm³/mol. The monoisotopic (exact) mass is 337 g/mol. The third kappa shape index (κ3) is 3.09. The molecule has 0 spiro atoms. The molecule has 120 valence electrons. The molecule has 2 rings (SSSR count). The van der Waals surface area contributed by atoms with Gasteiger partial charge in [0, 0.05) is 5.56 Å². The van der Waals surface area contributed by atoms with Gasteiger partial charge in [-0.1, -0.05) is 17.7 Å². The Bertz CT molecular complexity index is 796. The highest BCUT2D eigenvalue weighted by Gasteiger charge is 2.21. The van der Waals surface area contributed by atoms with Crippen LogP contribution in [0.1, 0.15) is 16.1 Å². The van der Waals surface area contributed by atoms with E-state index >= 15 is 0 Å². The lowest BCUT2D eigenvalue weighted by Crippen LogP contribution is -2.12. The molecule has 2 aromatic rings. The normalized spacial score (nSPS) is 10.4. The number of nitrogens with two attached hydrogens (primary N) is 1. The highest BCUT2D eigenvalue weighted by molar-refractivity contribution is 6.32. The number of benzene rings is 1. The Hall–Kier alpha value is -2.67. The number of hydrogen-bond donors (Lipinski definition) is 2. The van der Waals surface area contributed by atoms with E-state index in [-0.39, 0.29) is 45.7 Å². The summed E-state index contributed by atoms with van der Waals surface area (Å²) in [5.41, 5.74) is 5.64. The number of methoxy groups -OCH3 is 1. The topological polar surface area (TPSA) is 98.3 Å². The van der Waals surface area contributed by atoms with E-state index < -0.39 is 11.8 Å². The smallest absolute Gasteiger partial charge is 0.355 e. The summed E-state index contributed by atoms with van der Waals surface area (Å²) in [4.78, 5) is 19.3. The largest absolute Gasteiger partial charge is 0.492 e. The van der Waals surface area contributed by atoms with Gasteiger partial charge in [0.1, 0.15) is 5.82 Å². The number of carboxylic acids is 1. The zero-order chi connectivity index (χ0) is 17.1. The molecule has 1 aromatic heterocycles. The molecule has 0 unspecified atom stereocenters. The first kappa shape index (κ1) is 16.7. The zero-order valence-corrected chi connectivity index (χ0v) is 12.9. The molecule has 23 heavy (non-hydrogen) atoms. The van der Waals surface area contributed by atoms with Gasteiger partial charge in [-0.15, -0.1) is 6.58 Å². The van der Waals surface area contributed by atoms with Gasteiger partial charge >= 0.3 is 5.97 Å². The van der Waals surface area contributed by atoms with E-state index in [4.69, 9.17) is 22.1 Å². The van der Waals surface area contributed by atoms with Crippen molar-refractivity contribution in [2.75, 3.05) is 12.8 Å². The minimum Gasteiger partial charge on any atom is -0.492 e. The van der Waals surface area contributed by atoms with Gasteiger partial charge in [0.05, 0.1) is 17.7 Å². The Morgan fingerprint density at radius 1 is 1.52 bits per heavy atom. The van der Waals surface area contributed by atoms with Gasteiger partial charge in [-0.05, 0) is 18.6 Å². The standard InChI is InChI=1S/C15H13ClFN3O3/c1-3-4-8-11(15(21)22)19-14(20-13(8)18)7-5-6-9(16)12(23-2)10(7)17/h3,5-6H,1,4H2,2H3,(H,21,22)(H2,18,19,20). The molecular weight excluding hydrogens is 325 g/mol. The molecular formula is C15H13ClFN3O3. The number of hydrogen-bond acceptors (Lipinski definition) is 5. The average Bonchev–Trinajstić information content (AvgIpc) is 2.49. The highest BCUT2D eigenvalue weighted by Crippen LogP contribution is 2.34. The van der Waals surface area contributed by atoms with Crippen LogP contribution >= 0.6 is 11.6 Å². The molecule has 1 aromatic carbocycles. The van der Waals surface area contributed by atoms with Crippen LogP contribution in [0.5, 0.6) is 5.75 Å². The average molecular weight is 338 g/mol. The van der Waals surface area contributed by atoms with Crippen LogP contribution in [0, 0.1) is 5.82 Å². The van der Waals surface area contributed by atoms with Crippen LogP contribution in [0.25, 0.3) is 11.4 Å². The molecule has 0 aliphatic rings. The van der Waals surface area contributed by atoms with E-state index in [1.807, 2.05) is 0 Å². The first-order valence-corrected chi connectivity index (χ1v) is 6.81. The van der Waals surface area contributed by atoms with Crippen LogP contribution in [0.3, 0.4) is 0 Å². The van der Waals surface area contributed by atoms with Crippen molar-refractivity contribution in [1.82, 2.24) is 9.97 Å². The second-order valence-electron chi connectivity index (χ2n) is 4.50. The van der Waals surface area contributed by atoms with Crippen LogP contribution in [-0.2, 0) is 6.42 Å². The fraction of sp³-hybridized carbons (Fsp3) is 0.133. The summed E-state index contributed by atoms with van der Waals surface area (Å²) >= 11 is 5.83. The van der Waals surface area contributed by atoms with Crippen molar-refractivity contribution in [2.24, 2.45) is 0 Å². The first-order chi connectivity index (χ1) is 10.9. The number of anilines is 1. The van der Waals surface area contributed by atoms with E-state index in [1.165, 1.54) is 25.3 Å². The lowest BCUT2D eigenvalue weighted by atomic mass is 10.1. The molecule has 0 saturated carbocycles. The van der Waals surface area contributed by atoms with Gasteiger partial charge in [0.15, 0.2) is 23.1 Å². The molecule has 0 fully saturated rings. The number of carboxylic acid groups (broad SMARTS) is 1. The number of ether oxygens (including phenoxy) is 1. The quantitative estimate of drug-likeness (QED) is 0.814. The Morgan fingerprint density at radius 3 is 2.78 bits per heavy atom. The Kier molecular flexibility index (Phi) is 4.80. The van der Waals surface area contributed by atoms with Gasteiger partial charge in [-0.3, -0.25) is 0 Å². The van der Waals surface area contributed by atoms with Gasteiger partial charge in [0.2, 0.25) is 0 Å². The van der Waals surface area contributed by atoms with Crippen LogP contribution in [0.4, 0.5) is 10.2 Å². The van der Waals surface area contributed by atoms with Crippen LogP contribution < -0.4 is 10.5 Å². The maximum Gasteiger partial charge on any atom is 0.355 e. The van der Waals surface area contributed by atoms with Crippen LogP contribution in [0.15, 0.2) is 24.8 Å². The summed E-state index contributed by atoms with van der Waals surface area (Å²) in [5, 5.41) is 9.36. The van der Waals surface area contributed by atoms with Gasteiger partial charge in [-0.2, -0.15) is 0 Å². The maximum atomic E-state index is 14.4. The van der Waals surface area contributed by atoms with Crippen molar-refractivity contribution < 1.29 is 19.0 Å². The Labute approximate surface area is 136 Å². The fourth-order valence-electron chi connectivity index (χ4n) is 2.04. The Balaban J connectivity index is 2.70. The number of aromatic nitrogens is 2. The molecule has 3 N–H and O–H groups in total. The molecule has 8 heteroatoms. The minimum atomic E-state index is -1.29. The lowest BCUT2D eigenvalue weighted by molar-refractivity contribution is 0.0689. The molecule has 0 aliphatic carbocycles. The highest BCUT2D eigenvalue weighted by atomic mass is 35.5. The number of nitrogen functional groups attached to an aromatic ring is 1. The third-order valence-corrected chi connectivity index (χ3v) is 3.38. The summed E-state index contributed by atoms with van der Waals surface area (Å²) < 4.78 is 19.3. The maximum absolute atomic E-state index is 14.4. The molecule has 1 heterocycles. The number of nitrogens with zero attached hydrogens (tertiary/aromatic N) is 2. The third-order valence-electron chi connectivity index (χ3n) is 3.08. The van der Waals surface area contributed by atoms with Gasteiger partial charge in [0.25, 0.3) is 0 Å². The van der Waals surface area contributed by atoms with Crippen molar-refractivity contribution in [3.8, 4) is 17.1 Å². The number of carbonyl (C=O) groups is 1. The zero-order valence-electron chi connectivity index (χ0n) is 12.1. The van der Waals surface area contributed by atoms with Crippen LogP contribution in [-0.4, -0.2) is 28.2 Å². The first-order valence-electron chi connectivity index (χ1n) is 6.43. The second-order valence-corrected chi connectivity index (χ2v) is 4.91. The second kappa shape index (κ2) is 6.62. The molecule has 0 saturated heterocycles. The van der Waals surface area contributed by atoms with Crippen molar-refractivity contribution in [3.63, 3.8) is 0 Å². The molecule has 0 radical (unpaired) electrons. The van der Waals surface area contributed by atoms with Crippen molar-refractivity contribution in [3.05, 3.63) is 46.9 Å². The van der Waals surface area contributed by atoms with E-state index in [0.717, 1.165) is 0 Å². The SMILES string of the molecule is C=CCc1c(N)nc(-c2ccc(Cl)c(OC)c2F)nc1C(=O)O. The number of aromatic carboxylic acids is 1. The fourth-order valence-corrected chi connectivity index (χ4v) is 2.26. The van der Waals surface area contributed by atoms with E-state index in [9.17, 15) is 14.3 Å². The molecule has 0 aliphatic heterocycles. The predicted octanol–water partition coefficient (Wildman–Crippen LogP) is 2.95. The van der Waals surface area contributed by atoms with Crippen LogP contribution in [0.2, 0.25) is 5.02 Å². The Morgan fingerprint density at radius 2 is 2.22 bits per heavy atom. The lowest BCUT2D eigenvalue weighted by Gasteiger charge is -2.11. The van der Waals surface area contributed by atoms with E-state index in [1.54, 1.807) is 0 Å². The molecule has 0 amide bonds. The summed E-state index contributed by atoms with van der Waals surface area (Å²) in [6, 6.07) is 2.73. The number of rotatable bonds is 5. The van der Waals surface area contributed by atoms with Gasteiger partial charge < -0.3 is 15.6 Å². The molecule has 6 nitrogen and oxygen atoms in total. The van der Waals surface area contributed by atoms with E-state index in [0.29, 0.717) is 0 Å². The minimum absolute atomic E-state index is 0.0550. The number of halogens is 2. The number of allylic oxidation sites excluding steroid dienone is 1. The van der Waals surface area contributed by atoms with Crippen molar-refractivity contribution >= 4 is 23.4 Å². The summed E-state index contributed by atoms with van der Waals surface area (Å²) in [5.74, 6) is -2.50. The summed E-state index contributed by atoms with van der Waals surface area (Å²) in [6.07, 6.45) is 1.66. The van der Waals surface area contributed by atoms with Crippen molar-refractivity contribution in [1.29, 1.82) is 0 Å². The summed E-state index contributed by atoms with van der Waals surface area (Å²) in [6.45, 7) is 3.53. The molecule has 0 atom stereocenters. The summed E-state index contributed by atoms with van der Waals surface area (Å²) in [7, 11) is 1.26.